The molecule has 4 nitrogen and oxygen atoms in total. The van der Waals surface area contributed by atoms with Crippen molar-refractivity contribution < 1.29 is 9.15 Å². The maximum absolute atomic E-state index is 6.99. The molecule has 0 bridgehead atoms. The Morgan fingerprint density at radius 2 is 1.11 bits per heavy atom. The summed E-state index contributed by atoms with van der Waals surface area (Å²) in [5.74, 6) is 1.67. The zero-order valence-electron chi connectivity index (χ0n) is 25.2. The second-order valence-corrected chi connectivity index (χ2v) is 11.9. The Hall–Kier alpha value is -6.39. The van der Waals surface area contributed by atoms with Gasteiger partial charge in [-0.15, -0.1) is 0 Å². The molecule has 0 fully saturated rings. The van der Waals surface area contributed by atoms with E-state index in [-0.39, 0.29) is 0 Å². The molecule has 4 heteroatoms. The number of nitrogens with zero attached hydrogens (tertiary/aromatic N) is 2. The summed E-state index contributed by atoms with van der Waals surface area (Å²) in [5.41, 5.74) is 9.94. The first-order chi connectivity index (χ1) is 23.3. The van der Waals surface area contributed by atoms with E-state index in [1.54, 1.807) is 0 Å². The van der Waals surface area contributed by atoms with Crippen LogP contribution in [0.1, 0.15) is 0 Å². The van der Waals surface area contributed by atoms with E-state index >= 15 is 0 Å². The molecule has 0 saturated carbocycles. The predicted octanol–water partition coefficient (Wildman–Crippen LogP) is 12.2. The summed E-state index contributed by atoms with van der Waals surface area (Å²) in [5, 5.41) is 5.44. The van der Waals surface area contributed by atoms with Crippen LogP contribution in [0.3, 0.4) is 0 Å². The summed E-state index contributed by atoms with van der Waals surface area (Å²) in [4.78, 5) is 7.40. The lowest BCUT2D eigenvalue weighted by atomic mass is 9.97. The SMILES string of the molecule is c1ccc(-c2nc3ccccc3c3c2ccc2c4cccc(-c5cccc(N6c7ccccc7Oc7ccccc76)c5)c4oc23)cc1. The van der Waals surface area contributed by atoms with Gasteiger partial charge < -0.3 is 14.1 Å². The van der Waals surface area contributed by atoms with Crippen LogP contribution in [0.5, 0.6) is 11.5 Å². The van der Waals surface area contributed by atoms with Crippen LogP contribution >= 0.6 is 0 Å². The predicted molar refractivity (Wildman–Crippen MR) is 192 cm³/mol. The number of rotatable bonds is 3. The van der Waals surface area contributed by atoms with Crippen LogP contribution in [0.15, 0.2) is 162 Å². The van der Waals surface area contributed by atoms with Gasteiger partial charge >= 0.3 is 0 Å². The monoisotopic (exact) mass is 602 g/mol. The number of furan rings is 1. The molecule has 3 heterocycles. The molecular weight excluding hydrogens is 576 g/mol. The molecule has 0 spiro atoms. The Labute approximate surface area is 270 Å². The number of aromatic nitrogens is 1. The fraction of sp³-hybridized carbons (Fsp3) is 0. The summed E-state index contributed by atoms with van der Waals surface area (Å²) in [7, 11) is 0. The first-order valence-electron chi connectivity index (χ1n) is 15.8. The van der Waals surface area contributed by atoms with Crippen molar-refractivity contribution >= 4 is 60.7 Å². The summed E-state index contributed by atoms with van der Waals surface area (Å²) in [6, 6.07) is 54.6. The zero-order chi connectivity index (χ0) is 30.9. The van der Waals surface area contributed by atoms with Crippen molar-refractivity contribution in [3.63, 3.8) is 0 Å². The van der Waals surface area contributed by atoms with Gasteiger partial charge in [-0.05, 0) is 54.1 Å². The molecule has 0 atom stereocenters. The van der Waals surface area contributed by atoms with Crippen LogP contribution in [0.4, 0.5) is 17.1 Å². The number of pyridine rings is 1. The van der Waals surface area contributed by atoms with Crippen molar-refractivity contribution in [3.05, 3.63) is 158 Å². The van der Waals surface area contributed by atoms with E-state index in [4.69, 9.17) is 14.1 Å². The zero-order valence-corrected chi connectivity index (χ0v) is 25.2. The molecule has 220 valence electrons. The number of ether oxygens (including phenoxy) is 1. The van der Waals surface area contributed by atoms with Crippen LogP contribution in [0.25, 0.3) is 66.0 Å². The van der Waals surface area contributed by atoms with Gasteiger partial charge in [0.2, 0.25) is 0 Å². The van der Waals surface area contributed by atoms with Gasteiger partial charge in [-0.3, -0.25) is 0 Å². The molecule has 9 aromatic rings. The molecule has 2 aromatic heterocycles. The number of para-hydroxylation sites is 6. The third-order valence-corrected chi connectivity index (χ3v) is 9.22. The molecule has 0 unspecified atom stereocenters. The van der Waals surface area contributed by atoms with Crippen LogP contribution in [-0.4, -0.2) is 4.98 Å². The molecule has 0 radical (unpaired) electrons. The Morgan fingerprint density at radius 3 is 1.94 bits per heavy atom. The smallest absolute Gasteiger partial charge is 0.151 e. The highest BCUT2D eigenvalue weighted by atomic mass is 16.5. The second kappa shape index (κ2) is 10.1. The van der Waals surface area contributed by atoms with Crippen molar-refractivity contribution in [2.75, 3.05) is 4.90 Å². The van der Waals surface area contributed by atoms with Gasteiger partial charge in [0.1, 0.15) is 11.2 Å². The van der Waals surface area contributed by atoms with E-state index in [2.05, 4.69) is 126 Å². The highest BCUT2D eigenvalue weighted by Crippen LogP contribution is 2.51. The summed E-state index contributed by atoms with van der Waals surface area (Å²) in [6.45, 7) is 0. The van der Waals surface area contributed by atoms with E-state index < -0.39 is 0 Å². The van der Waals surface area contributed by atoms with E-state index in [9.17, 15) is 0 Å². The fourth-order valence-electron chi connectivity index (χ4n) is 7.13. The minimum Gasteiger partial charge on any atom is -0.455 e. The third kappa shape index (κ3) is 3.92. The van der Waals surface area contributed by atoms with Crippen LogP contribution < -0.4 is 9.64 Å². The van der Waals surface area contributed by atoms with E-state index in [0.29, 0.717) is 0 Å². The highest BCUT2D eigenvalue weighted by Gasteiger charge is 2.26. The van der Waals surface area contributed by atoms with Gasteiger partial charge in [0, 0.05) is 43.7 Å². The number of hydrogen-bond acceptors (Lipinski definition) is 4. The van der Waals surface area contributed by atoms with Gasteiger partial charge in [-0.1, -0.05) is 109 Å². The summed E-state index contributed by atoms with van der Waals surface area (Å²) < 4.78 is 13.3. The number of anilines is 3. The first kappa shape index (κ1) is 25.9. The maximum atomic E-state index is 6.99. The fourth-order valence-corrected chi connectivity index (χ4v) is 7.13. The average molecular weight is 603 g/mol. The van der Waals surface area contributed by atoms with Gasteiger partial charge in [0.25, 0.3) is 0 Å². The lowest BCUT2D eigenvalue weighted by Gasteiger charge is -2.33. The summed E-state index contributed by atoms with van der Waals surface area (Å²) in [6.07, 6.45) is 0. The lowest BCUT2D eigenvalue weighted by molar-refractivity contribution is 0.477. The van der Waals surface area contributed by atoms with Gasteiger partial charge in [-0.25, -0.2) is 4.98 Å². The Bertz CT molecular complexity index is 2630. The second-order valence-electron chi connectivity index (χ2n) is 11.9. The van der Waals surface area contributed by atoms with Gasteiger partial charge in [-0.2, -0.15) is 0 Å². The van der Waals surface area contributed by atoms with Crippen molar-refractivity contribution in [1.29, 1.82) is 0 Å². The molecule has 1 aliphatic rings. The quantitative estimate of drug-likeness (QED) is 0.189. The van der Waals surface area contributed by atoms with Crippen molar-refractivity contribution in [1.82, 2.24) is 4.98 Å². The maximum Gasteiger partial charge on any atom is 0.151 e. The Kier molecular flexibility index (Phi) is 5.54. The van der Waals surface area contributed by atoms with Crippen molar-refractivity contribution in [3.8, 4) is 33.9 Å². The molecule has 7 aromatic carbocycles. The van der Waals surface area contributed by atoms with E-state index in [1.165, 1.54) is 0 Å². The van der Waals surface area contributed by atoms with Crippen molar-refractivity contribution in [2.45, 2.75) is 0 Å². The normalized spacial score (nSPS) is 12.4. The van der Waals surface area contributed by atoms with E-state index in [0.717, 1.165) is 94.6 Å². The molecule has 47 heavy (non-hydrogen) atoms. The van der Waals surface area contributed by atoms with E-state index in [1.807, 2.05) is 36.4 Å². The molecule has 0 saturated heterocycles. The molecule has 0 aliphatic carbocycles. The number of hydrogen-bond donors (Lipinski definition) is 0. The van der Waals surface area contributed by atoms with Gasteiger partial charge in [0.15, 0.2) is 11.5 Å². The molecule has 1 aliphatic heterocycles. The number of benzene rings is 7. The standard InChI is InChI=1S/C43H26N2O2/c1-2-12-27(13-3-1)41-34-25-24-32-31-18-11-17-30(42(31)47-43(32)40(34)33-16-4-5-19-35(33)44-41)28-14-10-15-29(26-28)45-36-20-6-8-22-38(36)46-39-23-9-7-21-37(39)45/h1-26H. The lowest BCUT2D eigenvalue weighted by Crippen LogP contribution is -2.15. The molecule has 0 N–H and O–H groups in total. The molecule has 0 amide bonds. The Balaban J connectivity index is 1.21. The van der Waals surface area contributed by atoms with Gasteiger partial charge in [0.05, 0.1) is 22.6 Å². The third-order valence-electron chi connectivity index (χ3n) is 9.22. The van der Waals surface area contributed by atoms with Crippen molar-refractivity contribution in [2.24, 2.45) is 0 Å². The largest absolute Gasteiger partial charge is 0.455 e. The first-order valence-corrected chi connectivity index (χ1v) is 15.8. The average Bonchev–Trinajstić information content (AvgIpc) is 3.53. The minimum atomic E-state index is 0.833. The minimum absolute atomic E-state index is 0.833. The summed E-state index contributed by atoms with van der Waals surface area (Å²) >= 11 is 0. The number of fused-ring (bicyclic) bond motifs is 9. The van der Waals surface area contributed by atoms with Crippen LogP contribution in [0, 0.1) is 0 Å². The topological polar surface area (TPSA) is 38.5 Å². The Morgan fingerprint density at radius 1 is 0.468 bits per heavy atom. The van der Waals surface area contributed by atoms with Crippen LogP contribution in [-0.2, 0) is 0 Å². The van der Waals surface area contributed by atoms with Crippen LogP contribution in [0.2, 0.25) is 0 Å². The molecular formula is C43H26N2O2. The highest BCUT2D eigenvalue weighted by molar-refractivity contribution is 6.25. The molecule has 10 rings (SSSR count).